The fourth-order valence-corrected chi connectivity index (χ4v) is 3.62. The number of imide groups is 1. The van der Waals surface area contributed by atoms with Gasteiger partial charge in [-0.1, -0.05) is 35.9 Å². The van der Waals surface area contributed by atoms with Crippen LogP contribution in [-0.2, 0) is 14.3 Å². The molecule has 0 bridgehead atoms. The zero-order valence-corrected chi connectivity index (χ0v) is 16.0. The monoisotopic (exact) mass is 378 g/mol. The van der Waals surface area contributed by atoms with Gasteiger partial charge in [-0.3, -0.25) is 9.59 Å². The molecule has 0 aromatic heterocycles. The van der Waals surface area contributed by atoms with Crippen molar-refractivity contribution in [1.82, 2.24) is 4.90 Å². The number of aryl methyl sites for hydroxylation is 1. The minimum absolute atomic E-state index is 0.309. The van der Waals surface area contributed by atoms with E-state index in [-0.39, 0.29) is 11.8 Å². The highest BCUT2D eigenvalue weighted by atomic mass is 16.5. The summed E-state index contributed by atoms with van der Waals surface area (Å²) < 4.78 is 10.9. The van der Waals surface area contributed by atoms with Crippen LogP contribution in [0.25, 0.3) is 5.57 Å². The van der Waals surface area contributed by atoms with Crippen molar-refractivity contribution in [2.75, 3.05) is 38.3 Å². The summed E-state index contributed by atoms with van der Waals surface area (Å²) in [5.41, 5.74) is 3.05. The van der Waals surface area contributed by atoms with Crippen LogP contribution >= 0.6 is 0 Å². The molecule has 2 aliphatic heterocycles. The number of carbonyl (C=O) groups is 2. The third kappa shape index (κ3) is 3.05. The number of benzene rings is 2. The molecule has 4 rings (SSSR count). The molecule has 0 N–H and O–H groups in total. The lowest BCUT2D eigenvalue weighted by molar-refractivity contribution is -0.121. The van der Waals surface area contributed by atoms with Crippen LogP contribution in [0.5, 0.6) is 5.75 Å². The number of hydrogen-bond acceptors (Lipinski definition) is 5. The molecule has 0 atom stereocenters. The Bertz CT molecular complexity index is 943. The Morgan fingerprint density at radius 3 is 2.29 bits per heavy atom. The van der Waals surface area contributed by atoms with Crippen molar-refractivity contribution in [3.63, 3.8) is 0 Å². The van der Waals surface area contributed by atoms with Crippen LogP contribution in [0.1, 0.15) is 11.1 Å². The fraction of sp³-hybridized carbons (Fsp3) is 0.273. The summed E-state index contributed by atoms with van der Waals surface area (Å²) in [6.45, 7) is 4.14. The number of nitrogens with zero attached hydrogens (tertiary/aromatic N) is 2. The SMILES string of the molecule is COc1ccccc1C1=C(N2CCOCC2)C(=O)N(c2ccc(C)cc2)C1=O. The minimum atomic E-state index is -0.333. The number of anilines is 1. The summed E-state index contributed by atoms with van der Waals surface area (Å²) in [6, 6.07) is 14.7. The second-order valence-corrected chi connectivity index (χ2v) is 6.80. The molecule has 1 fully saturated rings. The van der Waals surface area contributed by atoms with E-state index < -0.39 is 0 Å². The molecule has 2 aromatic rings. The molecule has 0 unspecified atom stereocenters. The Hall–Kier alpha value is -3.12. The smallest absolute Gasteiger partial charge is 0.282 e. The number of rotatable bonds is 4. The largest absolute Gasteiger partial charge is 0.496 e. The van der Waals surface area contributed by atoms with Crippen molar-refractivity contribution in [1.29, 1.82) is 0 Å². The quantitative estimate of drug-likeness (QED) is 0.766. The van der Waals surface area contributed by atoms with E-state index in [9.17, 15) is 9.59 Å². The van der Waals surface area contributed by atoms with Crippen LogP contribution in [0.3, 0.4) is 0 Å². The molecule has 6 heteroatoms. The Morgan fingerprint density at radius 2 is 1.61 bits per heavy atom. The van der Waals surface area contributed by atoms with Gasteiger partial charge in [0.25, 0.3) is 11.8 Å². The van der Waals surface area contributed by atoms with E-state index >= 15 is 0 Å². The number of carbonyl (C=O) groups excluding carboxylic acids is 2. The normalized spacial score (nSPS) is 17.5. The third-order valence-corrected chi connectivity index (χ3v) is 5.06. The van der Waals surface area contributed by atoms with Crippen LogP contribution in [0.2, 0.25) is 0 Å². The summed E-state index contributed by atoms with van der Waals surface area (Å²) in [6.07, 6.45) is 0. The van der Waals surface area contributed by atoms with Gasteiger partial charge in [0.1, 0.15) is 11.4 Å². The Kier molecular flexibility index (Phi) is 4.88. The van der Waals surface area contributed by atoms with E-state index in [1.165, 1.54) is 4.90 Å². The standard InChI is InChI=1S/C22H22N2O4/c1-15-7-9-16(10-8-15)24-21(25)19(17-5-3-4-6-18(17)27-2)20(22(24)26)23-11-13-28-14-12-23/h3-10H,11-14H2,1-2H3. The van der Waals surface area contributed by atoms with Crippen molar-refractivity contribution in [2.24, 2.45) is 0 Å². The van der Waals surface area contributed by atoms with Gasteiger partial charge in [0.2, 0.25) is 0 Å². The molecule has 0 aliphatic carbocycles. The van der Waals surface area contributed by atoms with Gasteiger partial charge in [0.05, 0.1) is 31.6 Å². The molecule has 28 heavy (non-hydrogen) atoms. The highest BCUT2D eigenvalue weighted by Gasteiger charge is 2.43. The van der Waals surface area contributed by atoms with Crippen molar-refractivity contribution >= 4 is 23.1 Å². The van der Waals surface area contributed by atoms with Gasteiger partial charge in [-0.25, -0.2) is 4.90 Å². The van der Waals surface area contributed by atoms with Crippen LogP contribution in [0.15, 0.2) is 54.2 Å². The van der Waals surface area contributed by atoms with Crippen molar-refractivity contribution in [3.05, 3.63) is 65.4 Å². The first kappa shape index (κ1) is 18.3. The molecule has 0 spiro atoms. The van der Waals surface area contributed by atoms with Gasteiger partial charge in [-0.2, -0.15) is 0 Å². The minimum Gasteiger partial charge on any atom is -0.496 e. The first-order valence-corrected chi connectivity index (χ1v) is 9.27. The molecule has 6 nitrogen and oxygen atoms in total. The number of amides is 2. The number of methoxy groups -OCH3 is 1. The fourth-order valence-electron chi connectivity index (χ4n) is 3.62. The molecular weight excluding hydrogens is 356 g/mol. The van der Waals surface area contributed by atoms with Crippen molar-refractivity contribution in [2.45, 2.75) is 6.92 Å². The second-order valence-electron chi connectivity index (χ2n) is 6.80. The molecule has 2 heterocycles. The van der Waals surface area contributed by atoms with Gasteiger partial charge in [-0.15, -0.1) is 0 Å². The van der Waals surface area contributed by atoms with Gasteiger partial charge in [0.15, 0.2) is 0 Å². The Balaban J connectivity index is 1.86. The number of hydrogen-bond donors (Lipinski definition) is 0. The van der Waals surface area contributed by atoms with E-state index in [2.05, 4.69) is 0 Å². The second kappa shape index (κ2) is 7.48. The van der Waals surface area contributed by atoms with Crippen molar-refractivity contribution in [3.8, 4) is 5.75 Å². The summed E-state index contributed by atoms with van der Waals surface area (Å²) in [5.74, 6) is -0.0772. The van der Waals surface area contributed by atoms with Crippen molar-refractivity contribution < 1.29 is 19.1 Å². The highest BCUT2D eigenvalue weighted by Crippen LogP contribution is 2.38. The summed E-state index contributed by atoms with van der Waals surface area (Å²) >= 11 is 0. The Labute approximate surface area is 164 Å². The van der Waals surface area contributed by atoms with Crippen LogP contribution in [0, 0.1) is 6.92 Å². The number of para-hydroxylation sites is 1. The average molecular weight is 378 g/mol. The maximum Gasteiger partial charge on any atom is 0.282 e. The predicted octanol–water partition coefficient (Wildman–Crippen LogP) is 2.62. The molecule has 0 radical (unpaired) electrons. The van der Waals surface area contributed by atoms with E-state index in [0.29, 0.717) is 54.6 Å². The lowest BCUT2D eigenvalue weighted by atomic mass is 10.0. The first-order valence-electron chi connectivity index (χ1n) is 9.27. The van der Waals surface area contributed by atoms with Crippen LogP contribution in [-0.4, -0.2) is 50.1 Å². The molecule has 1 saturated heterocycles. The summed E-state index contributed by atoms with van der Waals surface area (Å²) in [7, 11) is 1.56. The zero-order chi connectivity index (χ0) is 19.7. The zero-order valence-electron chi connectivity index (χ0n) is 16.0. The molecular formula is C22H22N2O4. The molecule has 0 saturated carbocycles. The van der Waals surface area contributed by atoms with Gasteiger partial charge in [0, 0.05) is 18.7 Å². The number of ether oxygens (including phenoxy) is 2. The van der Waals surface area contributed by atoms with Gasteiger partial charge >= 0.3 is 0 Å². The molecule has 144 valence electrons. The van der Waals surface area contributed by atoms with Gasteiger partial charge in [-0.05, 0) is 25.1 Å². The van der Waals surface area contributed by atoms with Gasteiger partial charge < -0.3 is 14.4 Å². The van der Waals surface area contributed by atoms with E-state index in [4.69, 9.17) is 9.47 Å². The van der Waals surface area contributed by atoms with Crippen LogP contribution in [0.4, 0.5) is 5.69 Å². The maximum atomic E-state index is 13.5. The lowest BCUT2D eigenvalue weighted by Gasteiger charge is -2.29. The highest BCUT2D eigenvalue weighted by molar-refractivity contribution is 6.45. The molecule has 2 aliphatic rings. The summed E-state index contributed by atoms with van der Waals surface area (Å²) in [4.78, 5) is 30.1. The molecule has 2 amide bonds. The van der Waals surface area contributed by atoms with E-state index in [1.54, 1.807) is 25.3 Å². The molecule has 2 aromatic carbocycles. The summed E-state index contributed by atoms with van der Waals surface area (Å²) in [5, 5.41) is 0. The third-order valence-electron chi connectivity index (χ3n) is 5.06. The average Bonchev–Trinajstić information content (AvgIpc) is 2.99. The van der Waals surface area contributed by atoms with E-state index in [1.807, 2.05) is 42.2 Å². The van der Waals surface area contributed by atoms with E-state index in [0.717, 1.165) is 5.56 Å². The maximum absolute atomic E-state index is 13.5. The number of morpholine rings is 1. The first-order chi connectivity index (χ1) is 13.6. The van der Waals surface area contributed by atoms with Crippen LogP contribution < -0.4 is 9.64 Å². The predicted molar refractivity (Wildman–Crippen MR) is 106 cm³/mol. The Morgan fingerprint density at radius 1 is 0.929 bits per heavy atom. The lowest BCUT2D eigenvalue weighted by Crippen LogP contribution is -2.40. The topological polar surface area (TPSA) is 59.1 Å².